The van der Waals surface area contributed by atoms with Crippen LogP contribution in [0.4, 0.5) is 5.13 Å². The lowest BCUT2D eigenvalue weighted by molar-refractivity contribution is -0.116. The van der Waals surface area contributed by atoms with Crippen LogP contribution < -0.4 is 9.64 Å². The predicted molar refractivity (Wildman–Crippen MR) is 114 cm³/mol. The number of carbonyl (C=O) groups excluding carboxylic acids is 1. The fourth-order valence-corrected chi connectivity index (χ4v) is 4.33. The Hall–Kier alpha value is -2.09. The summed E-state index contributed by atoms with van der Waals surface area (Å²) in [4.78, 5) is 22.6. The van der Waals surface area contributed by atoms with Crippen LogP contribution in [0, 0.1) is 0 Å². The fourth-order valence-electron chi connectivity index (χ4n) is 2.50. The second-order valence-corrected chi connectivity index (χ2v) is 8.34. The van der Waals surface area contributed by atoms with Crippen LogP contribution in [-0.4, -0.2) is 55.8 Å². The summed E-state index contributed by atoms with van der Waals surface area (Å²) < 4.78 is 6.31. The summed E-state index contributed by atoms with van der Waals surface area (Å²) in [6.07, 6.45) is 0. The summed E-state index contributed by atoms with van der Waals surface area (Å²) in [5, 5.41) is 0.735. The lowest BCUT2D eigenvalue weighted by atomic mass is 10.3. The Bertz CT molecular complexity index is 897. The summed E-state index contributed by atoms with van der Waals surface area (Å²) in [6.45, 7) is 1.39. The summed E-state index contributed by atoms with van der Waals surface area (Å²) in [7, 11) is 5.66. The summed E-state index contributed by atoms with van der Waals surface area (Å²) in [5.41, 5.74) is 0.883. The van der Waals surface area contributed by atoms with Gasteiger partial charge in [-0.25, -0.2) is 4.98 Å². The molecule has 7 heteroatoms. The topological polar surface area (TPSA) is 45.7 Å². The molecule has 5 nitrogen and oxygen atoms in total. The molecule has 142 valence electrons. The lowest BCUT2D eigenvalue weighted by Gasteiger charge is -2.21. The summed E-state index contributed by atoms with van der Waals surface area (Å²) >= 11 is 3.07. The second-order valence-electron chi connectivity index (χ2n) is 6.28. The number of carbonyl (C=O) groups is 1. The summed E-state index contributed by atoms with van der Waals surface area (Å²) in [6, 6.07) is 15.8. The van der Waals surface area contributed by atoms with E-state index in [1.54, 1.807) is 23.8 Å². The fraction of sp³-hybridized carbons (Fsp3) is 0.300. The first-order chi connectivity index (χ1) is 13.1. The lowest BCUT2D eigenvalue weighted by Crippen LogP contribution is -2.37. The zero-order chi connectivity index (χ0) is 19.2. The van der Waals surface area contributed by atoms with Crippen molar-refractivity contribution in [3.63, 3.8) is 0 Å². The van der Waals surface area contributed by atoms with E-state index in [0.717, 1.165) is 32.5 Å². The quantitative estimate of drug-likeness (QED) is 0.534. The van der Waals surface area contributed by atoms with Crippen molar-refractivity contribution in [2.45, 2.75) is 4.90 Å². The minimum Gasteiger partial charge on any atom is -0.497 e. The van der Waals surface area contributed by atoms with Crippen molar-refractivity contribution >= 4 is 44.4 Å². The van der Waals surface area contributed by atoms with Crippen LogP contribution in [0.5, 0.6) is 5.75 Å². The van der Waals surface area contributed by atoms with Gasteiger partial charge in [-0.1, -0.05) is 29.5 Å². The van der Waals surface area contributed by atoms with E-state index < -0.39 is 0 Å². The van der Waals surface area contributed by atoms with Crippen molar-refractivity contribution in [2.75, 3.05) is 44.9 Å². The molecule has 0 saturated heterocycles. The molecule has 3 aromatic rings. The molecule has 0 radical (unpaired) electrons. The highest BCUT2D eigenvalue weighted by Gasteiger charge is 2.20. The normalized spacial score (nSPS) is 11.1. The number of methoxy groups -OCH3 is 1. The maximum atomic E-state index is 13.0. The van der Waals surface area contributed by atoms with E-state index in [2.05, 4.69) is 9.88 Å². The third kappa shape index (κ3) is 5.22. The molecule has 0 aliphatic rings. The molecule has 3 rings (SSSR count). The van der Waals surface area contributed by atoms with Gasteiger partial charge in [0.2, 0.25) is 5.91 Å². The Morgan fingerprint density at radius 3 is 2.63 bits per heavy atom. The van der Waals surface area contributed by atoms with E-state index in [-0.39, 0.29) is 5.91 Å². The van der Waals surface area contributed by atoms with Gasteiger partial charge in [-0.05, 0) is 44.4 Å². The van der Waals surface area contributed by atoms with Crippen molar-refractivity contribution in [1.82, 2.24) is 9.88 Å². The number of hydrogen-bond acceptors (Lipinski definition) is 6. The second kappa shape index (κ2) is 9.21. The van der Waals surface area contributed by atoms with Crippen molar-refractivity contribution < 1.29 is 9.53 Å². The minimum atomic E-state index is 0.0664. The van der Waals surface area contributed by atoms with Gasteiger partial charge in [0, 0.05) is 18.0 Å². The zero-order valence-corrected chi connectivity index (χ0v) is 17.3. The monoisotopic (exact) mass is 401 g/mol. The third-order valence-electron chi connectivity index (χ3n) is 3.99. The molecule has 0 bridgehead atoms. The average molecular weight is 402 g/mol. The number of aromatic nitrogens is 1. The Kier molecular flexibility index (Phi) is 6.71. The largest absolute Gasteiger partial charge is 0.497 e. The molecule has 27 heavy (non-hydrogen) atoms. The number of rotatable bonds is 8. The highest BCUT2D eigenvalue weighted by molar-refractivity contribution is 8.00. The van der Waals surface area contributed by atoms with E-state index in [9.17, 15) is 4.79 Å². The van der Waals surface area contributed by atoms with Crippen LogP contribution in [-0.2, 0) is 4.79 Å². The Morgan fingerprint density at radius 1 is 1.15 bits per heavy atom. The number of thiazole rings is 1. The first kappa shape index (κ1) is 19.7. The first-order valence-electron chi connectivity index (χ1n) is 8.64. The molecule has 0 saturated carbocycles. The smallest absolute Gasteiger partial charge is 0.239 e. The van der Waals surface area contributed by atoms with Gasteiger partial charge in [-0.3, -0.25) is 9.69 Å². The molecule has 1 heterocycles. The minimum absolute atomic E-state index is 0.0664. The highest BCUT2D eigenvalue weighted by atomic mass is 32.2. The molecule has 0 fully saturated rings. The van der Waals surface area contributed by atoms with Crippen molar-refractivity contribution in [1.29, 1.82) is 0 Å². The standard InChI is InChI=1S/C20H23N3O2S2/c1-22(2)11-12-23(19(24)14-26-16-7-5-4-6-8-16)20-21-17-10-9-15(25-3)13-18(17)27-20/h4-10,13H,11-12,14H2,1-3H3. The van der Waals surface area contributed by atoms with Crippen LogP contribution in [0.3, 0.4) is 0 Å². The molecule has 1 aromatic heterocycles. The number of ether oxygens (including phenoxy) is 1. The molecule has 2 aromatic carbocycles. The molecular weight excluding hydrogens is 378 g/mol. The van der Waals surface area contributed by atoms with Crippen LogP contribution in [0.25, 0.3) is 10.2 Å². The Labute approximate surface area is 168 Å². The average Bonchev–Trinajstić information content (AvgIpc) is 3.09. The van der Waals surface area contributed by atoms with Crippen molar-refractivity contribution in [3.8, 4) is 5.75 Å². The van der Waals surface area contributed by atoms with Gasteiger partial charge in [0.25, 0.3) is 0 Å². The molecule has 0 N–H and O–H groups in total. The number of amides is 1. The first-order valence-corrected chi connectivity index (χ1v) is 10.4. The molecule has 0 atom stereocenters. The number of thioether (sulfide) groups is 1. The number of hydrogen-bond donors (Lipinski definition) is 0. The molecule has 0 aliphatic carbocycles. The van der Waals surface area contributed by atoms with E-state index >= 15 is 0 Å². The number of fused-ring (bicyclic) bond motifs is 1. The van der Waals surface area contributed by atoms with Gasteiger partial charge in [0.05, 0.1) is 23.1 Å². The molecule has 0 unspecified atom stereocenters. The maximum Gasteiger partial charge on any atom is 0.239 e. The molecule has 0 aliphatic heterocycles. The van der Waals surface area contributed by atoms with E-state index in [1.165, 1.54) is 11.3 Å². The van der Waals surface area contributed by atoms with Crippen LogP contribution in [0.15, 0.2) is 53.4 Å². The van der Waals surface area contributed by atoms with Crippen LogP contribution in [0.2, 0.25) is 0 Å². The number of likely N-dealkylation sites (N-methyl/N-ethyl adjacent to an activating group) is 1. The van der Waals surface area contributed by atoms with Crippen molar-refractivity contribution in [2.24, 2.45) is 0 Å². The Morgan fingerprint density at radius 2 is 1.93 bits per heavy atom. The van der Waals surface area contributed by atoms with Crippen LogP contribution in [0.1, 0.15) is 0 Å². The van der Waals surface area contributed by atoms with E-state index in [1.807, 2.05) is 62.6 Å². The molecular formula is C20H23N3O2S2. The Balaban J connectivity index is 1.80. The van der Waals surface area contributed by atoms with E-state index in [4.69, 9.17) is 4.74 Å². The number of anilines is 1. The highest BCUT2D eigenvalue weighted by Crippen LogP contribution is 2.32. The summed E-state index contributed by atoms with van der Waals surface area (Å²) in [5.74, 6) is 1.25. The molecule has 1 amide bonds. The number of benzene rings is 2. The van der Waals surface area contributed by atoms with Gasteiger partial charge in [-0.15, -0.1) is 11.8 Å². The van der Waals surface area contributed by atoms with Crippen molar-refractivity contribution in [3.05, 3.63) is 48.5 Å². The van der Waals surface area contributed by atoms with Gasteiger partial charge < -0.3 is 9.64 Å². The van der Waals surface area contributed by atoms with Gasteiger partial charge in [0.15, 0.2) is 5.13 Å². The zero-order valence-electron chi connectivity index (χ0n) is 15.7. The third-order valence-corrected chi connectivity index (χ3v) is 6.03. The predicted octanol–water partition coefficient (Wildman–Crippen LogP) is 3.99. The van der Waals surface area contributed by atoms with E-state index in [0.29, 0.717) is 12.3 Å². The van der Waals surface area contributed by atoms with Crippen LogP contribution >= 0.6 is 23.1 Å². The number of nitrogens with zero attached hydrogens (tertiary/aromatic N) is 3. The maximum absolute atomic E-state index is 13.0. The van der Waals surface area contributed by atoms with Gasteiger partial charge in [-0.2, -0.15) is 0 Å². The SMILES string of the molecule is COc1ccc2nc(N(CCN(C)C)C(=O)CSc3ccccc3)sc2c1. The molecule has 0 spiro atoms. The van der Waals surface area contributed by atoms with Gasteiger partial charge >= 0.3 is 0 Å². The van der Waals surface area contributed by atoms with Gasteiger partial charge in [0.1, 0.15) is 5.75 Å².